The van der Waals surface area contributed by atoms with Crippen LogP contribution in [0.15, 0.2) is 36.5 Å². The van der Waals surface area contributed by atoms with Crippen molar-refractivity contribution in [2.24, 2.45) is 0 Å². The van der Waals surface area contributed by atoms with E-state index in [1.54, 1.807) is 6.92 Å². The number of hydrogen-bond donors (Lipinski definition) is 2. The molecule has 0 unspecified atom stereocenters. The molecule has 0 aliphatic carbocycles. The Labute approximate surface area is 140 Å². The van der Waals surface area contributed by atoms with Crippen LogP contribution in [0.4, 0.5) is 35.2 Å². The van der Waals surface area contributed by atoms with E-state index >= 15 is 0 Å². The van der Waals surface area contributed by atoms with Crippen molar-refractivity contribution in [2.75, 3.05) is 17.2 Å². The number of aromatic nitrogens is 1. The Morgan fingerprint density at radius 2 is 1.96 bits per heavy atom. The lowest BCUT2D eigenvalue weighted by Gasteiger charge is -2.12. The van der Waals surface area contributed by atoms with Crippen LogP contribution in [0.1, 0.15) is 12.5 Å². The molecule has 2 N–H and O–H groups in total. The smallest absolute Gasteiger partial charge is 0.417 e. The van der Waals surface area contributed by atoms with Crippen molar-refractivity contribution < 1.29 is 22.7 Å². The molecule has 0 saturated carbocycles. The second-order valence-corrected chi connectivity index (χ2v) is 5.00. The summed E-state index contributed by atoms with van der Waals surface area (Å²) in [6.45, 7) is 1.91. The molecule has 1 aromatic heterocycles. The molecular formula is C15H13ClF3N3O2. The Bertz CT molecular complexity index is 721. The number of anilines is 3. The second-order valence-electron chi connectivity index (χ2n) is 4.59. The summed E-state index contributed by atoms with van der Waals surface area (Å²) in [5.41, 5.74) is -0.355. The van der Waals surface area contributed by atoms with E-state index in [2.05, 4.69) is 15.6 Å². The maximum Gasteiger partial charge on any atom is 0.417 e. The molecule has 0 fully saturated rings. The summed E-state index contributed by atoms with van der Waals surface area (Å²) in [5, 5.41) is 4.81. The third-order valence-electron chi connectivity index (χ3n) is 2.83. The average molecular weight is 360 g/mol. The Balaban J connectivity index is 2.10. The molecule has 0 bridgehead atoms. The topological polar surface area (TPSA) is 63.2 Å². The second kappa shape index (κ2) is 7.39. The number of carbonyl (C=O) groups excluding carboxylic acids is 1. The maximum absolute atomic E-state index is 12.8. The van der Waals surface area contributed by atoms with E-state index in [9.17, 15) is 18.0 Å². The Morgan fingerprint density at radius 1 is 1.25 bits per heavy atom. The molecule has 1 aromatic carbocycles. The fourth-order valence-electron chi connectivity index (χ4n) is 1.79. The molecular weight excluding hydrogens is 347 g/mol. The molecule has 0 spiro atoms. The van der Waals surface area contributed by atoms with Gasteiger partial charge in [0.1, 0.15) is 5.82 Å². The predicted octanol–water partition coefficient (Wildman–Crippen LogP) is 5.07. The molecule has 1 amide bonds. The number of benzene rings is 1. The first-order valence-electron chi connectivity index (χ1n) is 6.83. The van der Waals surface area contributed by atoms with Gasteiger partial charge in [-0.05, 0) is 37.3 Å². The van der Waals surface area contributed by atoms with Gasteiger partial charge in [-0.1, -0.05) is 11.6 Å². The molecule has 5 nitrogen and oxygen atoms in total. The highest BCUT2D eigenvalue weighted by Gasteiger charge is 2.33. The number of amides is 1. The molecule has 128 valence electrons. The number of ether oxygens (including phenoxy) is 1. The molecule has 0 aliphatic rings. The third-order valence-corrected chi connectivity index (χ3v) is 3.16. The fourth-order valence-corrected chi connectivity index (χ4v) is 2.02. The first kappa shape index (κ1) is 17.9. The van der Waals surface area contributed by atoms with Crippen LogP contribution in [0, 0.1) is 0 Å². The lowest BCUT2D eigenvalue weighted by atomic mass is 10.2. The van der Waals surface area contributed by atoms with Crippen molar-refractivity contribution in [3.63, 3.8) is 0 Å². The number of nitrogens with zero attached hydrogens (tertiary/aromatic N) is 1. The molecule has 2 aromatic rings. The average Bonchev–Trinajstić information content (AvgIpc) is 2.50. The Hall–Kier alpha value is -2.48. The van der Waals surface area contributed by atoms with Crippen molar-refractivity contribution in [3.8, 4) is 0 Å². The predicted molar refractivity (Wildman–Crippen MR) is 84.6 cm³/mol. The summed E-state index contributed by atoms with van der Waals surface area (Å²) in [6.07, 6.45) is -3.82. The van der Waals surface area contributed by atoms with Crippen LogP contribution in [0.2, 0.25) is 5.02 Å². The minimum Gasteiger partial charge on any atom is -0.450 e. The SMILES string of the molecule is CCOC(=O)Nc1ccc(Nc2ccc(Cl)c(C(F)(F)F)c2)nc1. The lowest BCUT2D eigenvalue weighted by Crippen LogP contribution is -2.13. The van der Waals surface area contributed by atoms with Crippen molar-refractivity contribution in [1.29, 1.82) is 0 Å². The van der Waals surface area contributed by atoms with Crippen LogP contribution < -0.4 is 10.6 Å². The summed E-state index contributed by atoms with van der Waals surface area (Å²) < 4.78 is 43.2. The van der Waals surface area contributed by atoms with E-state index in [4.69, 9.17) is 16.3 Å². The van der Waals surface area contributed by atoms with Crippen molar-refractivity contribution in [1.82, 2.24) is 4.98 Å². The molecule has 0 aliphatic heterocycles. The van der Waals surface area contributed by atoms with Gasteiger partial charge in [-0.2, -0.15) is 13.2 Å². The molecule has 9 heteroatoms. The van der Waals surface area contributed by atoms with E-state index in [1.165, 1.54) is 24.4 Å². The monoisotopic (exact) mass is 359 g/mol. The zero-order valence-corrected chi connectivity index (χ0v) is 13.2. The van der Waals surface area contributed by atoms with Crippen LogP contribution in [-0.4, -0.2) is 17.7 Å². The van der Waals surface area contributed by atoms with E-state index in [1.807, 2.05) is 0 Å². The number of halogens is 4. The van der Waals surface area contributed by atoms with Gasteiger partial charge in [-0.3, -0.25) is 5.32 Å². The number of pyridine rings is 1. The van der Waals surface area contributed by atoms with Crippen LogP contribution in [0.25, 0.3) is 0 Å². The maximum atomic E-state index is 12.8. The summed E-state index contributed by atoms with van der Waals surface area (Å²) in [4.78, 5) is 15.3. The van der Waals surface area contributed by atoms with Crippen LogP contribution in [-0.2, 0) is 10.9 Å². The van der Waals surface area contributed by atoms with Gasteiger partial charge in [0.25, 0.3) is 0 Å². The van der Waals surface area contributed by atoms with Gasteiger partial charge in [-0.25, -0.2) is 9.78 Å². The molecule has 24 heavy (non-hydrogen) atoms. The Morgan fingerprint density at radius 3 is 2.54 bits per heavy atom. The van der Waals surface area contributed by atoms with Gasteiger partial charge in [0, 0.05) is 5.69 Å². The minimum atomic E-state index is -4.55. The van der Waals surface area contributed by atoms with E-state index < -0.39 is 17.8 Å². The van der Waals surface area contributed by atoms with Crippen molar-refractivity contribution >= 4 is 34.9 Å². The summed E-state index contributed by atoms with van der Waals surface area (Å²) in [5.74, 6) is 0.305. The number of carbonyl (C=O) groups is 1. The van der Waals surface area contributed by atoms with Gasteiger partial charge in [-0.15, -0.1) is 0 Å². The highest BCUT2D eigenvalue weighted by Crippen LogP contribution is 2.36. The summed E-state index contributed by atoms with van der Waals surface area (Å²) in [7, 11) is 0. The van der Waals surface area contributed by atoms with Gasteiger partial charge in [0.15, 0.2) is 0 Å². The number of rotatable bonds is 4. The van der Waals surface area contributed by atoms with Crippen molar-refractivity contribution in [3.05, 3.63) is 47.1 Å². The quantitative estimate of drug-likeness (QED) is 0.800. The van der Waals surface area contributed by atoms with Crippen LogP contribution in [0.3, 0.4) is 0 Å². The standard InChI is InChI=1S/C15H13ClF3N3O2/c1-2-24-14(23)22-10-4-6-13(20-8-10)21-9-3-5-12(16)11(7-9)15(17,18)19/h3-8H,2H2,1H3,(H,20,21)(H,22,23). The third kappa shape index (κ3) is 4.76. The first-order chi connectivity index (χ1) is 11.3. The summed E-state index contributed by atoms with van der Waals surface area (Å²) >= 11 is 5.56. The van der Waals surface area contributed by atoms with Crippen LogP contribution >= 0.6 is 11.6 Å². The Kier molecular flexibility index (Phi) is 5.50. The minimum absolute atomic E-state index is 0.185. The zero-order valence-electron chi connectivity index (χ0n) is 12.4. The number of hydrogen-bond acceptors (Lipinski definition) is 4. The van der Waals surface area contributed by atoms with Crippen LogP contribution in [0.5, 0.6) is 0 Å². The largest absolute Gasteiger partial charge is 0.450 e. The molecule has 2 rings (SSSR count). The van der Waals surface area contributed by atoms with Crippen molar-refractivity contribution in [2.45, 2.75) is 13.1 Å². The van der Waals surface area contributed by atoms with Gasteiger partial charge >= 0.3 is 12.3 Å². The fraction of sp³-hybridized carbons (Fsp3) is 0.200. The van der Waals surface area contributed by atoms with Gasteiger partial charge in [0.2, 0.25) is 0 Å². The number of nitrogens with one attached hydrogen (secondary N) is 2. The highest BCUT2D eigenvalue weighted by molar-refractivity contribution is 6.31. The molecule has 0 saturated heterocycles. The van der Waals surface area contributed by atoms with E-state index in [0.717, 1.165) is 12.1 Å². The highest BCUT2D eigenvalue weighted by atomic mass is 35.5. The van der Waals surface area contributed by atoms with Gasteiger partial charge < -0.3 is 10.1 Å². The number of alkyl halides is 3. The molecule has 0 radical (unpaired) electrons. The first-order valence-corrected chi connectivity index (χ1v) is 7.21. The normalized spacial score (nSPS) is 11.0. The lowest BCUT2D eigenvalue weighted by molar-refractivity contribution is -0.137. The summed E-state index contributed by atoms with van der Waals surface area (Å²) in [6, 6.07) is 6.50. The molecule has 1 heterocycles. The van der Waals surface area contributed by atoms with Gasteiger partial charge in [0.05, 0.1) is 29.1 Å². The van der Waals surface area contributed by atoms with E-state index in [0.29, 0.717) is 11.5 Å². The zero-order chi connectivity index (χ0) is 17.7. The molecule has 0 atom stereocenters. The van der Waals surface area contributed by atoms with E-state index in [-0.39, 0.29) is 17.3 Å².